The number of hydrogen-bond donors (Lipinski definition) is 2. The largest absolute Gasteiger partial charge is 0.394 e. The minimum atomic E-state index is -0.700. The molecular weight excluding hydrogens is 256 g/mol. The maximum atomic E-state index is 10.6. The molecule has 0 aliphatic carbocycles. The van der Waals surface area contributed by atoms with Gasteiger partial charge in [0.15, 0.2) is 0 Å². The van der Waals surface area contributed by atoms with Gasteiger partial charge in [0.25, 0.3) is 0 Å². The first kappa shape index (κ1) is 15.1. The summed E-state index contributed by atoms with van der Waals surface area (Å²) >= 11 is 0. The summed E-state index contributed by atoms with van der Waals surface area (Å²) in [5.74, 6) is 0.883. The standard InChI is InChI=1S/C14H26N4O2/c1-4-5-11-12(15)13(18(3)16-11)17(2)10-14(19)6-8-20-9-7-14/h19H,4-10,15H2,1-3H3. The average molecular weight is 282 g/mol. The van der Waals surface area contributed by atoms with E-state index in [2.05, 4.69) is 12.0 Å². The molecule has 1 aliphatic heterocycles. The van der Waals surface area contributed by atoms with Gasteiger partial charge in [-0.2, -0.15) is 5.10 Å². The molecule has 114 valence electrons. The van der Waals surface area contributed by atoms with Crippen LogP contribution in [0.2, 0.25) is 0 Å². The molecule has 0 radical (unpaired) electrons. The summed E-state index contributed by atoms with van der Waals surface area (Å²) in [5, 5.41) is 15.1. The fourth-order valence-electron chi connectivity index (χ4n) is 2.89. The summed E-state index contributed by atoms with van der Waals surface area (Å²) in [6, 6.07) is 0. The Bertz CT molecular complexity index is 452. The van der Waals surface area contributed by atoms with E-state index in [1.54, 1.807) is 0 Å². The molecule has 3 N–H and O–H groups in total. The summed E-state index contributed by atoms with van der Waals surface area (Å²) in [4.78, 5) is 2.01. The minimum Gasteiger partial charge on any atom is -0.394 e. The Balaban J connectivity index is 2.14. The molecule has 6 heteroatoms. The van der Waals surface area contributed by atoms with E-state index in [-0.39, 0.29) is 0 Å². The second kappa shape index (κ2) is 6.01. The zero-order valence-electron chi connectivity index (χ0n) is 12.7. The molecule has 6 nitrogen and oxygen atoms in total. The summed E-state index contributed by atoms with van der Waals surface area (Å²) in [5.41, 5.74) is 7.18. The average Bonchev–Trinajstić information content (AvgIpc) is 2.65. The number of likely N-dealkylation sites (N-methyl/N-ethyl adjacent to an activating group) is 1. The van der Waals surface area contributed by atoms with E-state index in [4.69, 9.17) is 10.5 Å². The molecule has 0 unspecified atom stereocenters. The lowest BCUT2D eigenvalue weighted by atomic mass is 9.94. The molecule has 1 aromatic rings. The van der Waals surface area contributed by atoms with Crippen molar-refractivity contribution in [2.24, 2.45) is 7.05 Å². The molecule has 2 rings (SSSR count). The topological polar surface area (TPSA) is 76.5 Å². The van der Waals surface area contributed by atoms with E-state index in [0.717, 1.165) is 30.0 Å². The second-order valence-electron chi connectivity index (χ2n) is 5.75. The molecule has 0 aromatic carbocycles. The Morgan fingerprint density at radius 1 is 1.45 bits per heavy atom. The highest BCUT2D eigenvalue weighted by Gasteiger charge is 2.32. The summed E-state index contributed by atoms with van der Waals surface area (Å²) < 4.78 is 7.12. The lowest BCUT2D eigenvalue weighted by molar-refractivity contribution is -0.0573. The Morgan fingerprint density at radius 2 is 2.10 bits per heavy atom. The number of aliphatic hydroxyl groups is 1. The normalized spacial score (nSPS) is 18.2. The van der Waals surface area contributed by atoms with Crippen molar-refractivity contribution in [2.75, 3.05) is 37.4 Å². The Morgan fingerprint density at radius 3 is 2.70 bits per heavy atom. The van der Waals surface area contributed by atoms with Gasteiger partial charge in [0, 0.05) is 46.7 Å². The molecule has 1 fully saturated rings. The molecule has 2 heterocycles. The van der Waals surface area contributed by atoms with Crippen molar-refractivity contribution in [3.8, 4) is 0 Å². The molecule has 20 heavy (non-hydrogen) atoms. The van der Waals surface area contributed by atoms with Gasteiger partial charge in [0.1, 0.15) is 5.82 Å². The Kier molecular flexibility index (Phi) is 4.55. The smallest absolute Gasteiger partial charge is 0.150 e. The van der Waals surface area contributed by atoms with Crippen molar-refractivity contribution in [3.05, 3.63) is 5.69 Å². The third-order valence-electron chi connectivity index (χ3n) is 3.93. The van der Waals surface area contributed by atoms with Gasteiger partial charge < -0.3 is 20.5 Å². The van der Waals surface area contributed by atoms with E-state index >= 15 is 0 Å². The molecule has 0 bridgehead atoms. The molecule has 0 spiro atoms. The van der Waals surface area contributed by atoms with Gasteiger partial charge in [0.2, 0.25) is 0 Å². The zero-order valence-corrected chi connectivity index (χ0v) is 12.7. The highest BCUT2D eigenvalue weighted by atomic mass is 16.5. The van der Waals surface area contributed by atoms with Crippen molar-refractivity contribution >= 4 is 11.5 Å². The number of nitrogens with two attached hydrogens (primary N) is 1. The first-order valence-corrected chi connectivity index (χ1v) is 7.29. The van der Waals surface area contributed by atoms with Crippen LogP contribution in [-0.2, 0) is 18.2 Å². The first-order chi connectivity index (χ1) is 9.47. The number of rotatable bonds is 5. The number of hydrogen-bond acceptors (Lipinski definition) is 5. The number of nitrogens with zero attached hydrogens (tertiary/aromatic N) is 3. The number of nitrogen functional groups attached to an aromatic ring is 1. The van der Waals surface area contributed by atoms with Gasteiger partial charge >= 0.3 is 0 Å². The van der Waals surface area contributed by atoms with Crippen molar-refractivity contribution in [3.63, 3.8) is 0 Å². The monoisotopic (exact) mass is 282 g/mol. The fraction of sp³-hybridized carbons (Fsp3) is 0.786. The second-order valence-corrected chi connectivity index (χ2v) is 5.75. The Labute approximate surface area is 120 Å². The van der Waals surface area contributed by atoms with Gasteiger partial charge in [-0.25, -0.2) is 0 Å². The quantitative estimate of drug-likeness (QED) is 0.840. The van der Waals surface area contributed by atoms with Crippen LogP contribution in [0.1, 0.15) is 31.9 Å². The number of ether oxygens (including phenoxy) is 1. The molecular formula is C14H26N4O2. The van der Waals surface area contributed by atoms with Gasteiger partial charge in [-0.1, -0.05) is 13.3 Å². The number of aryl methyl sites for hydroxylation is 2. The molecule has 0 saturated carbocycles. The zero-order chi connectivity index (χ0) is 14.8. The van der Waals surface area contributed by atoms with Crippen LogP contribution in [0.25, 0.3) is 0 Å². The van der Waals surface area contributed by atoms with Crippen LogP contribution < -0.4 is 10.6 Å². The van der Waals surface area contributed by atoms with Crippen LogP contribution in [0.5, 0.6) is 0 Å². The molecule has 1 aliphatic rings. The number of anilines is 2. The van der Waals surface area contributed by atoms with E-state index in [9.17, 15) is 5.11 Å². The van der Waals surface area contributed by atoms with Crippen molar-refractivity contribution in [1.29, 1.82) is 0 Å². The van der Waals surface area contributed by atoms with Crippen LogP contribution in [-0.4, -0.2) is 47.3 Å². The SMILES string of the molecule is CCCc1nn(C)c(N(C)CC2(O)CCOCC2)c1N. The van der Waals surface area contributed by atoms with Crippen molar-refractivity contribution < 1.29 is 9.84 Å². The molecule has 0 amide bonds. The predicted octanol–water partition coefficient (Wildman–Crippen LogP) is 0.932. The van der Waals surface area contributed by atoms with Gasteiger partial charge in [-0.15, -0.1) is 0 Å². The highest BCUT2D eigenvalue weighted by Crippen LogP contribution is 2.29. The predicted molar refractivity (Wildman–Crippen MR) is 79.9 cm³/mol. The lowest BCUT2D eigenvalue weighted by Crippen LogP contribution is -2.46. The van der Waals surface area contributed by atoms with Crippen molar-refractivity contribution in [1.82, 2.24) is 9.78 Å². The highest BCUT2D eigenvalue weighted by molar-refractivity contribution is 5.66. The molecule has 0 atom stereocenters. The van der Waals surface area contributed by atoms with Crippen LogP contribution >= 0.6 is 0 Å². The lowest BCUT2D eigenvalue weighted by Gasteiger charge is -2.36. The van der Waals surface area contributed by atoms with Crippen LogP contribution in [0.4, 0.5) is 11.5 Å². The maximum absolute atomic E-state index is 10.6. The minimum absolute atomic E-state index is 0.547. The van der Waals surface area contributed by atoms with Crippen LogP contribution in [0.15, 0.2) is 0 Å². The summed E-state index contributed by atoms with van der Waals surface area (Å²) in [6.07, 6.45) is 3.23. The third kappa shape index (κ3) is 3.07. The fourth-order valence-corrected chi connectivity index (χ4v) is 2.89. The van der Waals surface area contributed by atoms with Gasteiger partial charge in [-0.05, 0) is 6.42 Å². The maximum Gasteiger partial charge on any atom is 0.150 e. The van der Waals surface area contributed by atoms with Crippen LogP contribution in [0, 0.1) is 0 Å². The molecule has 1 aromatic heterocycles. The summed E-state index contributed by atoms with van der Waals surface area (Å²) in [7, 11) is 3.85. The third-order valence-corrected chi connectivity index (χ3v) is 3.93. The van der Waals surface area contributed by atoms with Crippen molar-refractivity contribution in [2.45, 2.75) is 38.2 Å². The van der Waals surface area contributed by atoms with Crippen LogP contribution in [0.3, 0.4) is 0 Å². The van der Waals surface area contributed by atoms with E-state index in [0.29, 0.717) is 32.6 Å². The van der Waals surface area contributed by atoms with E-state index in [1.165, 1.54) is 0 Å². The van der Waals surface area contributed by atoms with E-state index < -0.39 is 5.60 Å². The number of aromatic nitrogens is 2. The van der Waals surface area contributed by atoms with E-state index in [1.807, 2.05) is 23.7 Å². The summed E-state index contributed by atoms with van der Waals surface area (Å²) in [6.45, 7) is 3.90. The Hall–Kier alpha value is -1.27. The first-order valence-electron chi connectivity index (χ1n) is 7.29. The van der Waals surface area contributed by atoms with Gasteiger partial charge in [-0.3, -0.25) is 4.68 Å². The van der Waals surface area contributed by atoms with Gasteiger partial charge in [0.05, 0.1) is 17.0 Å². The molecule has 1 saturated heterocycles.